The Bertz CT molecular complexity index is 777. The van der Waals surface area contributed by atoms with Gasteiger partial charge in [-0.2, -0.15) is 0 Å². The molecule has 5 heteroatoms. The lowest BCUT2D eigenvalue weighted by Crippen LogP contribution is -2.04. The monoisotopic (exact) mass is 277 g/mol. The molecule has 21 heavy (non-hydrogen) atoms. The summed E-state index contributed by atoms with van der Waals surface area (Å²) in [5, 5.41) is 7.80. The molecule has 0 amide bonds. The van der Waals surface area contributed by atoms with Gasteiger partial charge in [-0.1, -0.05) is 18.2 Å². The molecule has 2 N–H and O–H groups in total. The normalized spacial score (nSPS) is 14.1. The molecular formula is C16H15N5. The number of rotatable bonds is 4. The second-order valence-electron chi connectivity index (χ2n) is 5.21. The number of fused-ring (bicyclic) bond motifs is 1. The van der Waals surface area contributed by atoms with Crippen molar-refractivity contribution in [2.75, 3.05) is 10.6 Å². The smallest absolute Gasteiger partial charge is 0.135 e. The molecule has 1 saturated carbocycles. The Morgan fingerprint density at radius 3 is 2.71 bits per heavy atom. The summed E-state index contributed by atoms with van der Waals surface area (Å²) < 4.78 is 0. The minimum Gasteiger partial charge on any atom is -0.367 e. The number of benzene rings is 1. The Hall–Kier alpha value is -2.69. The Labute approximate surface area is 122 Å². The molecule has 1 aliphatic carbocycles. The Kier molecular flexibility index (Phi) is 2.88. The third-order valence-electron chi connectivity index (χ3n) is 3.49. The topological polar surface area (TPSA) is 62.7 Å². The molecule has 1 aliphatic rings. The molecule has 1 aromatic carbocycles. The molecule has 2 heterocycles. The van der Waals surface area contributed by atoms with Gasteiger partial charge in [-0.3, -0.25) is 4.98 Å². The molecule has 0 unspecified atom stereocenters. The molecule has 5 nitrogen and oxygen atoms in total. The number of anilines is 3. The predicted octanol–water partition coefficient (Wildman–Crippen LogP) is 3.34. The molecule has 3 aromatic rings. The van der Waals surface area contributed by atoms with Gasteiger partial charge in [-0.05, 0) is 25.0 Å². The van der Waals surface area contributed by atoms with Crippen molar-refractivity contribution in [1.29, 1.82) is 0 Å². The Morgan fingerprint density at radius 2 is 1.81 bits per heavy atom. The van der Waals surface area contributed by atoms with Gasteiger partial charge in [0.05, 0.1) is 11.2 Å². The van der Waals surface area contributed by atoms with Crippen molar-refractivity contribution in [2.24, 2.45) is 0 Å². The van der Waals surface area contributed by atoms with Crippen LogP contribution in [0.15, 0.2) is 48.9 Å². The van der Waals surface area contributed by atoms with Crippen LogP contribution in [0.4, 0.5) is 17.3 Å². The van der Waals surface area contributed by atoms with Crippen LogP contribution in [-0.4, -0.2) is 21.0 Å². The third-order valence-corrected chi connectivity index (χ3v) is 3.49. The second kappa shape index (κ2) is 5.01. The first-order valence-corrected chi connectivity index (χ1v) is 7.08. The molecule has 4 rings (SSSR count). The van der Waals surface area contributed by atoms with Gasteiger partial charge in [0.15, 0.2) is 0 Å². The van der Waals surface area contributed by atoms with Crippen molar-refractivity contribution in [1.82, 2.24) is 15.0 Å². The minimum absolute atomic E-state index is 0.576. The van der Waals surface area contributed by atoms with Crippen LogP contribution in [0.1, 0.15) is 12.8 Å². The van der Waals surface area contributed by atoms with E-state index in [2.05, 4.69) is 25.6 Å². The lowest BCUT2D eigenvalue weighted by molar-refractivity contribution is 1.08. The molecule has 0 bridgehead atoms. The van der Waals surface area contributed by atoms with Gasteiger partial charge >= 0.3 is 0 Å². The summed E-state index contributed by atoms with van der Waals surface area (Å²) in [6.07, 6.45) is 5.82. The van der Waals surface area contributed by atoms with Crippen LogP contribution < -0.4 is 10.6 Å². The molecule has 0 atom stereocenters. The first-order valence-electron chi connectivity index (χ1n) is 7.08. The fourth-order valence-electron chi connectivity index (χ4n) is 2.28. The lowest BCUT2D eigenvalue weighted by atomic mass is 10.2. The number of nitrogens with one attached hydrogen (secondary N) is 2. The summed E-state index contributed by atoms with van der Waals surface area (Å²) in [5.41, 5.74) is 1.89. The van der Waals surface area contributed by atoms with E-state index in [1.807, 2.05) is 36.4 Å². The average molecular weight is 277 g/mol. The second-order valence-corrected chi connectivity index (χ2v) is 5.21. The maximum Gasteiger partial charge on any atom is 0.135 e. The quantitative estimate of drug-likeness (QED) is 0.765. The van der Waals surface area contributed by atoms with Crippen molar-refractivity contribution in [3.63, 3.8) is 0 Å². The van der Waals surface area contributed by atoms with Gasteiger partial charge in [0, 0.05) is 23.7 Å². The van der Waals surface area contributed by atoms with E-state index in [9.17, 15) is 0 Å². The van der Waals surface area contributed by atoms with Crippen LogP contribution >= 0.6 is 0 Å². The third kappa shape index (κ3) is 2.63. The maximum atomic E-state index is 4.44. The van der Waals surface area contributed by atoms with Crippen LogP contribution in [0.3, 0.4) is 0 Å². The highest BCUT2D eigenvalue weighted by molar-refractivity contribution is 5.91. The van der Waals surface area contributed by atoms with Crippen LogP contribution in [-0.2, 0) is 0 Å². The summed E-state index contributed by atoms with van der Waals surface area (Å²) in [6, 6.07) is 12.6. The summed E-state index contributed by atoms with van der Waals surface area (Å²) >= 11 is 0. The maximum absolute atomic E-state index is 4.44. The molecule has 104 valence electrons. The first-order chi connectivity index (χ1) is 10.4. The Morgan fingerprint density at radius 1 is 0.952 bits per heavy atom. The zero-order chi connectivity index (χ0) is 14.1. The van der Waals surface area contributed by atoms with Crippen molar-refractivity contribution in [3.8, 4) is 0 Å². The van der Waals surface area contributed by atoms with Crippen molar-refractivity contribution in [3.05, 3.63) is 48.9 Å². The molecule has 1 fully saturated rings. The van der Waals surface area contributed by atoms with E-state index in [4.69, 9.17) is 0 Å². The predicted molar refractivity (Wildman–Crippen MR) is 83.7 cm³/mol. The zero-order valence-corrected chi connectivity index (χ0v) is 11.5. The van der Waals surface area contributed by atoms with Crippen LogP contribution in [0, 0.1) is 0 Å². The molecular weight excluding hydrogens is 262 g/mol. The highest BCUT2D eigenvalue weighted by Crippen LogP contribution is 2.26. The fourth-order valence-corrected chi connectivity index (χ4v) is 2.28. The van der Waals surface area contributed by atoms with E-state index >= 15 is 0 Å². The fraction of sp³-hybridized carbons (Fsp3) is 0.188. The summed E-state index contributed by atoms with van der Waals surface area (Å²) in [6.45, 7) is 0. The van der Waals surface area contributed by atoms with Crippen LogP contribution in [0.5, 0.6) is 0 Å². The average Bonchev–Trinajstić information content (AvgIpc) is 3.32. The first kappa shape index (κ1) is 12.1. The van der Waals surface area contributed by atoms with E-state index < -0.39 is 0 Å². The standard InChI is InChI=1S/C16H15N5/c1-3-11-4-2-8-17-16(11)13(5-1)21-15-9-14(18-10-19-15)20-12-6-7-12/h1-5,8-10,12H,6-7H2,(H2,18,19,20,21). The van der Waals surface area contributed by atoms with E-state index in [1.165, 1.54) is 12.8 Å². The Balaban J connectivity index is 1.64. The largest absolute Gasteiger partial charge is 0.367 e. The minimum atomic E-state index is 0.576. The number of aromatic nitrogens is 3. The summed E-state index contributed by atoms with van der Waals surface area (Å²) in [4.78, 5) is 13.0. The number of nitrogens with zero attached hydrogens (tertiary/aromatic N) is 3. The number of hydrogen-bond acceptors (Lipinski definition) is 5. The SMILES string of the molecule is c1cnc2c(Nc3cc(NC4CC4)ncn3)cccc2c1. The van der Waals surface area contributed by atoms with Crippen molar-refractivity contribution in [2.45, 2.75) is 18.9 Å². The van der Waals surface area contributed by atoms with E-state index in [0.717, 1.165) is 28.2 Å². The van der Waals surface area contributed by atoms with Crippen molar-refractivity contribution >= 4 is 28.2 Å². The van der Waals surface area contributed by atoms with E-state index in [1.54, 1.807) is 12.5 Å². The number of hydrogen-bond donors (Lipinski definition) is 2. The molecule has 0 aliphatic heterocycles. The molecule has 0 spiro atoms. The molecule has 0 saturated heterocycles. The van der Waals surface area contributed by atoms with Crippen LogP contribution in [0.2, 0.25) is 0 Å². The molecule has 0 radical (unpaired) electrons. The van der Waals surface area contributed by atoms with Gasteiger partial charge in [-0.25, -0.2) is 9.97 Å². The highest BCUT2D eigenvalue weighted by atomic mass is 15.1. The summed E-state index contributed by atoms with van der Waals surface area (Å²) in [5.74, 6) is 1.63. The van der Waals surface area contributed by atoms with E-state index in [-0.39, 0.29) is 0 Å². The van der Waals surface area contributed by atoms with Crippen LogP contribution in [0.25, 0.3) is 10.9 Å². The van der Waals surface area contributed by atoms with Gasteiger partial charge in [0.25, 0.3) is 0 Å². The van der Waals surface area contributed by atoms with Gasteiger partial charge in [-0.15, -0.1) is 0 Å². The zero-order valence-electron chi connectivity index (χ0n) is 11.5. The summed E-state index contributed by atoms with van der Waals surface area (Å²) in [7, 11) is 0. The lowest BCUT2D eigenvalue weighted by Gasteiger charge is -2.09. The van der Waals surface area contributed by atoms with Gasteiger partial charge < -0.3 is 10.6 Å². The number of para-hydroxylation sites is 1. The highest BCUT2D eigenvalue weighted by Gasteiger charge is 2.21. The number of pyridine rings is 1. The molecule has 2 aromatic heterocycles. The van der Waals surface area contributed by atoms with Gasteiger partial charge in [0.1, 0.15) is 18.0 Å². The van der Waals surface area contributed by atoms with Crippen molar-refractivity contribution < 1.29 is 0 Å². The van der Waals surface area contributed by atoms with E-state index in [0.29, 0.717) is 6.04 Å². The van der Waals surface area contributed by atoms with Gasteiger partial charge in [0.2, 0.25) is 0 Å².